The number of nitrogens with zero attached hydrogens (tertiary/aromatic N) is 3. The Balaban J connectivity index is 2.48. The fourth-order valence-electron chi connectivity index (χ4n) is 3.37. The molecule has 2 atom stereocenters. The van der Waals surface area contributed by atoms with Crippen LogP contribution in [0.2, 0.25) is 0 Å². The third-order valence-corrected chi connectivity index (χ3v) is 4.75. The smallest absolute Gasteiger partial charge is 0.368 e. The molecule has 1 amide bonds. The van der Waals surface area contributed by atoms with Gasteiger partial charge in [0.25, 0.3) is 0 Å². The molecular weight excluding hydrogens is 393 g/mol. The maximum absolute atomic E-state index is 14.1. The summed E-state index contributed by atoms with van der Waals surface area (Å²) in [5.41, 5.74) is 7.64. The van der Waals surface area contributed by atoms with Gasteiger partial charge in [0.15, 0.2) is 0 Å². The number of carbonyl (C=O) groups excluding carboxylic acids is 1. The first kappa shape index (κ1) is 23.4. The van der Waals surface area contributed by atoms with Crippen molar-refractivity contribution in [3.8, 4) is 17.3 Å². The summed E-state index contributed by atoms with van der Waals surface area (Å²) >= 11 is 0. The Morgan fingerprint density at radius 2 is 1.83 bits per heavy atom. The standard InChI is InChI=1S/C22H25F3N4O/c1-14(2)12-19(21(27)30)29(11-10-26)20(22(23,24)25)17-7-5-16(6-8-17)18-9-4-15(3)13-28-18/h4-9,13-14,19-20H,11-12H2,1-3H3,(H2,27,30)/t19-,20-/m0/s1. The molecule has 2 aromatic rings. The Morgan fingerprint density at radius 3 is 2.27 bits per heavy atom. The average Bonchev–Trinajstić information content (AvgIpc) is 2.66. The van der Waals surface area contributed by atoms with Gasteiger partial charge < -0.3 is 5.73 Å². The van der Waals surface area contributed by atoms with Crippen LogP contribution in [0, 0.1) is 24.2 Å². The minimum Gasteiger partial charge on any atom is -0.368 e. The van der Waals surface area contributed by atoms with E-state index in [9.17, 15) is 18.0 Å². The number of halogens is 3. The molecule has 0 unspecified atom stereocenters. The third kappa shape index (κ3) is 5.80. The van der Waals surface area contributed by atoms with Gasteiger partial charge in [-0.2, -0.15) is 18.4 Å². The quantitative estimate of drug-likeness (QED) is 0.645. The van der Waals surface area contributed by atoms with Crippen LogP contribution in [-0.4, -0.2) is 34.6 Å². The molecular formula is C22H25F3N4O. The second-order valence-corrected chi connectivity index (χ2v) is 7.67. The molecule has 0 aliphatic carbocycles. The molecule has 1 aromatic carbocycles. The van der Waals surface area contributed by atoms with Crippen LogP contribution in [0.15, 0.2) is 42.6 Å². The summed E-state index contributed by atoms with van der Waals surface area (Å²) in [6.45, 7) is 4.88. The number of pyridine rings is 1. The van der Waals surface area contributed by atoms with E-state index in [0.29, 0.717) is 11.3 Å². The summed E-state index contributed by atoms with van der Waals surface area (Å²) in [6.07, 6.45) is -2.90. The van der Waals surface area contributed by atoms with E-state index in [1.54, 1.807) is 44.3 Å². The minimum atomic E-state index is -4.70. The van der Waals surface area contributed by atoms with Crippen LogP contribution in [-0.2, 0) is 4.79 Å². The van der Waals surface area contributed by atoms with E-state index in [2.05, 4.69) is 4.98 Å². The third-order valence-electron chi connectivity index (χ3n) is 4.75. The molecule has 160 valence electrons. The van der Waals surface area contributed by atoms with Gasteiger partial charge in [0.2, 0.25) is 5.91 Å². The van der Waals surface area contributed by atoms with Crippen molar-refractivity contribution < 1.29 is 18.0 Å². The van der Waals surface area contributed by atoms with Gasteiger partial charge in [0, 0.05) is 11.8 Å². The van der Waals surface area contributed by atoms with Crippen LogP contribution in [0.5, 0.6) is 0 Å². The SMILES string of the molecule is Cc1ccc(-c2ccc([C@H](N(CC#N)[C@@H](CC(C)C)C(N)=O)C(F)(F)F)cc2)nc1. The van der Waals surface area contributed by atoms with Gasteiger partial charge in [-0.25, -0.2) is 0 Å². The molecule has 0 fully saturated rings. The predicted molar refractivity (Wildman–Crippen MR) is 108 cm³/mol. The van der Waals surface area contributed by atoms with E-state index in [1.807, 2.05) is 13.0 Å². The number of rotatable bonds is 8. The fraction of sp³-hybridized carbons (Fsp3) is 0.409. The predicted octanol–water partition coefficient (Wildman–Crippen LogP) is 4.39. The van der Waals surface area contributed by atoms with E-state index in [-0.39, 0.29) is 17.9 Å². The molecule has 5 nitrogen and oxygen atoms in total. The normalized spacial score (nSPS) is 13.8. The number of benzene rings is 1. The van der Waals surface area contributed by atoms with Crippen molar-refractivity contribution >= 4 is 5.91 Å². The number of hydrogen-bond acceptors (Lipinski definition) is 4. The molecule has 0 bridgehead atoms. The molecule has 0 saturated heterocycles. The van der Waals surface area contributed by atoms with E-state index in [0.717, 1.165) is 10.5 Å². The van der Waals surface area contributed by atoms with E-state index in [1.165, 1.54) is 12.1 Å². The molecule has 8 heteroatoms. The number of nitrogens with two attached hydrogens (primary N) is 1. The van der Waals surface area contributed by atoms with Crippen molar-refractivity contribution in [2.45, 2.75) is 45.5 Å². The van der Waals surface area contributed by atoms with Gasteiger partial charge in [-0.1, -0.05) is 44.2 Å². The molecule has 1 aromatic heterocycles. The van der Waals surface area contributed by atoms with Crippen molar-refractivity contribution in [2.24, 2.45) is 11.7 Å². The van der Waals surface area contributed by atoms with Crippen LogP contribution in [0.1, 0.15) is 37.4 Å². The second kappa shape index (κ2) is 9.72. The number of aryl methyl sites for hydroxylation is 1. The number of amides is 1. The number of alkyl halides is 3. The summed E-state index contributed by atoms with van der Waals surface area (Å²) in [5, 5.41) is 9.16. The maximum atomic E-state index is 14.1. The van der Waals surface area contributed by atoms with Gasteiger partial charge in [0.1, 0.15) is 6.04 Å². The highest BCUT2D eigenvalue weighted by atomic mass is 19.4. The lowest BCUT2D eigenvalue weighted by Gasteiger charge is -2.37. The van der Waals surface area contributed by atoms with E-state index >= 15 is 0 Å². The van der Waals surface area contributed by atoms with Gasteiger partial charge >= 0.3 is 6.18 Å². The van der Waals surface area contributed by atoms with Gasteiger partial charge in [-0.05, 0) is 36.5 Å². The Kier molecular flexibility index (Phi) is 7.57. The number of nitriles is 1. The summed E-state index contributed by atoms with van der Waals surface area (Å²) < 4.78 is 42.3. The monoisotopic (exact) mass is 418 g/mol. The Labute approximate surface area is 174 Å². The maximum Gasteiger partial charge on any atom is 0.408 e. The molecule has 2 rings (SSSR count). The Bertz CT molecular complexity index is 887. The zero-order valence-electron chi connectivity index (χ0n) is 17.1. The van der Waals surface area contributed by atoms with Crippen molar-refractivity contribution in [3.05, 3.63) is 53.7 Å². The fourth-order valence-corrected chi connectivity index (χ4v) is 3.37. The summed E-state index contributed by atoms with van der Waals surface area (Å²) in [5.74, 6) is -0.957. The van der Waals surface area contributed by atoms with E-state index in [4.69, 9.17) is 11.0 Å². The highest BCUT2D eigenvalue weighted by molar-refractivity contribution is 5.80. The Morgan fingerprint density at radius 1 is 1.20 bits per heavy atom. The van der Waals surface area contributed by atoms with Crippen molar-refractivity contribution in [1.29, 1.82) is 5.26 Å². The topological polar surface area (TPSA) is 83.0 Å². The van der Waals surface area contributed by atoms with Gasteiger partial charge in [-0.3, -0.25) is 14.7 Å². The molecule has 0 spiro atoms. The zero-order chi connectivity index (χ0) is 22.5. The zero-order valence-corrected chi connectivity index (χ0v) is 17.1. The molecule has 0 radical (unpaired) electrons. The molecule has 1 heterocycles. The number of aromatic nitrogens is 1. The second-order valence-electron chi connectivity index (χ2n) is 7.67. The first-order chi connectivity index (χ1) is 14.0. The van der Waals surface area contributed by atoms with Gasteiger partial charge in [-0.15, -0.1) is 0 Å². The van der Waals surface area contributed by atoms with Crippen molar-refractivity contribution in [3.63, 3.8) is 0 Å². The first-order valence-electron chi connectivity index (χ1n) is 9.56. The number of hydrogen-bond donors (Lipinski definition) is 1. The highest BCUT2D eigenvalue weighted by Crippen LogP contribution is 2.40. The lowest BCUT2D eigenvalue weighted by atomic mass is 9.96. The van der Waals surface area contributed by atoms with Crippen LogP contribution >= 0.6 is 0 Å². The molecule has 0 saturated carbocycles. The van der Waals surface area contributed by atoms with E-state index < -0.39 is 30.7 Å². The number of carbonyl (C=O) groups is 1. The summed E-state index contributed by atoms with van der Waals surface area (Å²) in [6, 6.07) is 7.88. The molecule has 0 aliphatic heterocycles. The highest BCUT2D eigenvalue weighted by Gasteiger charge is 2.47. The lowest BCUT2D eigenvalue weighted by molar-refractivity contribution is -0.192. The minimum absolute atomic E-state index is 0.0661. The van der Waals surface area contributed by atoms with Crippen molar-refractivity contribution in [1.82, 2.24) is 9.88 Å². The number of primary amides is 1. The summed E-state index contributed by atoms with van der Waals surface area (Å²) in [7, 11) is 0. The van der Waals surface area contributed by atoms with Gasteiger partial charge in [0.05, 0.1) is 24.3 Å². The average molecular weight is 418 g/mol. The van der Waals surface area contributed by atoms with Crippen LogP contribution in [0.4, 0.5) is 13.2 Å². The van der Waals surface area contributed by atoms with Crippen LogP contribution in [0.25, 0.3) is 11.3 Å². The molecule has 2 N–H and O–H groups in total. The van der Waals surface area contributed by atoms with Crippen molar-refractivity contribution in [2.75, 3.05) is 6.54 Å². The lowest BCUT2D eigenvalue weighted by Crippen LogP contribution is -2.51. The first-order valence-corrected chi connectivity index (χ1v) is 9.56. The van der Waals surface area contributed by atoms with Crippen LogP contribution in [0.3, 0.4) is 0 Å². The largest absolute Gasteiger partial charge is 0.408 e. The summed E-state index contributed by atoms with van der Waals surface area (Å²) in [4.78, 5) is 17.1. The van der Waals surface area contributed by atoms with Crippen LogP contribution < -0.4 is 5.73 Å². The Hall–Kier alpha value is -2.92. The molecule has 30 heavy (non-hydrogen) atoms. The molecule has 0 aliphatic rings.